The molecule has 1 aromatic heterocycles. The van der Waals surface area contributed by atoms with Crippen molar-refractivity contribution in [1.82, 2.24) is 0 Å². The van der Waals surface area contributed by atoms with Crippen LogP contribution in [0.2, 0.25) is 0 Å². The molecule has 0 N–H and O–H groups in total. The summed E-state index contributed by atoms with van der Waals surface area (Å²) in [6.45, 7) is 0. The van der Waals surface area contributed by atoms with E-state index in [9.17, 15) is 4.79 Å². The van der Waals surface area contributed by atoms with Gasteiger partial charge in [-0.05, 0) is 48.6 Å². The van der Waals surface area contributed by atoms with E-state index >= 15 is 0 Å². The maximum absolute atomic E-state index is 11.8. The Kier molecular flexibility index (Phi) is 3.87. The minimum atomic E-state index is -0.477. The zero-order chi connectivity index (χ0) is 15.4. The number of carbonyl (C=O) groups is 1. The molecule has 0 radical (unpaired) electrons. The molecule has 0 bridgehead atoms. The molecule has 1 aliphatic rings. The van der Waals surface area contributed by atoms with Gasteiger partial charge in [0.25, 0.3) is 0 Å². The lowest BCUT2D eigenvalue weighted by molar-refractivity contribution is -0.130. The van der Waals surface area contributed by atoms with Crippen LogP contribution in [0.4, 0.5) is 0 Å². The van der Waals surface area contributed by atoms with Gasteiger partial charge in [0, 0.05) is 5.56 Å². The number of aliphatic imine (C=N–C) groups is 1. The van der Waals surface area contributed by atoms with Crippen LogP contribution in [0.25, 0.3) is 6.08 Å². The van der Waals surface area contributed by atoms with E-state index in [1.54, 1.807) is 61.9 Å². The lowest BCUT2D eigenvalue weighted by Crippen LogP contribution is -2.05. The maximum atomic E-state index is 11.8. The van der Waals surface area contributed by atoms with Gasteiger partial charge in [-0.15, -0.1) is 0 Å². The van der Waals surface area contributed by atoms with Crippen LogP contribution in [0.5, 0.6) is 5.75 Å². The van der Waals surface area contributed by atoms with Crippen molar-refractivity contribution in [1.29, 1.82) is 0 Å². The van der Waals surface area contributed by atoms with E-state index in [1.165, 1.54) is 0 Å². The highest BCUT2D eigenvalue weighted by molar-refractivity contribution is 6.11. The fraction of sp³-hybridized carbons (Fsp3) is 0.0588. The van der Waals surface area contributed by atoms with Crippen molar-refractivity contribution in [3.8, 4) is 5.75 Å². The van der Waals surface area contributed by atoms with Crippen LogP contribution < -0.4 is 4.74 Å². The summed E-state index contributed by atoms with van der Waals surface area (Å²) in [7, 11) is 1.59. The fourth-order valence-corrected chi connectivity index (χ4v) is 1.90. The number of ether oxygens (including phenoxy) is 2. The van der Waals surface area contributed by atoms with Gasteiger partial charge >= 0.3 is 5.97 Å². The Labute approximate surface area is 127 Å². The first-order valence-corrected chi connectivity index (χ1v) is 6.63. The average molecular weight is 295 g/mol. The third-order valence-corrected chi connectivity index (χ3v) is 3.02. The number of furan rings is 1. The van der Waals surface area contributed by atoms with Crippen LogP contribution >= 0.6 is 0 Å². The van der Waals surface area contributed by atoms with Gasteiger partial charge in [0.2, 0.25) is 5.90 Å². The molecule has 22 heavy (non-hydrogen) atoms. The minimum Gasteiger partial charge on any atom is -0.497 e. The molecule has 110 valence electrons. The highest BCUT2D eigenvalue weighted by Gasteiger charge is 2.23. The van der Waals surface area contributed by atoms with Crippen LogP contribution in [0.15, 0.2) is 69.9 Å². The fourth-order valence-electron chi connectivity index (χ4n) is 1.90. The average Bonchev–Trinajstić information content (AvgIpc) is 3.18. The summed E-state index contributed by atoms with van der Waals surface area (Å²) < 4.78 is 15.4. The van der Waals surface area contributed by atoms with Crippen molar-refractivity contribution in [2.75, 3.05) is 7.11 Å². The van der Waals surface area contributed by atoms with Gasteiger partial charge in [-0.2, -0.15) is 0 Å². The first kappa shape index (κ1) is 13.9. The van der Waals surface area contributed by atoms with Crippen molar-refractivity contribution in [2.24, 2.45) is 4.99 Å². The summed E-state index contributed by atoms with van der Waals surface area (Å²) in [5, 5.41) is 0. The molecule has 0 aliphatic carbocycles. The Morgan fingerprint density at radius 2 is 2.00 bits per heavy atom. The Morgan fingerprint density at radius 3 is 2.68 bits per heavy atom. The third-order valence-electron chi connectivity index (χ3n) is 3.02. The van der Waals surface area contributed by atoms with Crippen LogP contribution in [0.3, 0.4) is 0 Å². The smallest absolute Gasteiger partial charge is 0.363 e. The van der Waals surface area contributed by atoms with Gasteiger partial charge in [0.05, 0.1) is 13.4 Å². The highest BCUT2D eigenvalue weighted by atomic mass is 16.6. The molecule has 0 saturated heterocycles. The quantitative estimate of drug-likeness (QED) is 0.642. The largest absolute Gasteiger partial charge is 0.497 e. The number of hydrogen-bond acceptors (Lipinski definition) is 5. The van der Waals surface area contributed by atoms with E-state index in [0.717, 1.165) is 5.75 Å². The van der Waals surface area contributed by atoms with Crippen LogP contribution in [-0.4, -0.2) is 19.0 Å². The number of esters is 1. The molecule has 0 spiro atoms. The van der Waals surface area contributed by atoms with Gasteiger partial charge in [0.15, 0.2) is 5.70 Å². The van der Waals surface area contributed by atoms with Crippen molar-refractivity contribution in [3.05, 3.63) is 71.8 Å². The van der Waals surface area contributed by atoms with Crippen molar-refractivity contribution in [3.63, 3.8) is 0 Å². The first-order valence-electron chi connectivity index (χ1n) is 6.63. The lowest BCUT2D eigenvalue weighted by Gasteiger charge is -2.01. The van der Waals surface area contributed by atoms with E-state index in [-0.39, 0.29) is 11.6 Å². The minimum absolute atomic E-state index is 0.244. The van der Waals surface area contributed by atoms with Crippen LogP contribution in [0.1, 0.15) is 11.3 Å². The molecule has 1 aromatic carbocycles. The molecule has 1 aliphatic heterocycles. The van der Waals surface area contributed by atoms with Crippen molar-refractivity contribution in [2.45, 2.75) is 0 Å². The van der Waals surface area contributed by atoms with Crippen LogP contribution in [-0.2, 0) is 9.53 Å². The van der Waals surface area contributed by atoms with E-state index in [2.05, 4.69) is 4.99 Å². The van der Waals surface area contributed by atoms with Gasteiger partial charge in [-0.3, -0.25) is 0 Å². The monoisotopic (exact) mass is 295 g/mol. The molecule has 0 amide bonds. The standard InChI is InChI=1S/C17H13NO4/c1-20-13-9-7-12(8-10-13)16-18-15(17(19)22-16)6-2-4-14-5-3-11-21-14/h2-11H,1H3/b4-2+,15-6?. The molecule has 3 rings (SSSR count). The number of carbonyl (C=O) groups excluding carboxylic acids is 1. The molecule has 2 heterocycles. The lowest BCUT2D eigenvalue weighted by atomic mass is 10.2. The summed E-state index contributed by atoms with van der Waals surface area (Å²) in [5.41, 5.74) is 0.959. The third kappa shape index (κ3) is 2.98. The Bertz CT molecular complexity index is 752. The zero-order valence-corrected chi connectivity index (χ0v) is 11.9. The van der Waals surface area contributed by atoms with Gasteiger partial charge in [0.1, 0.15) is 11.5 Å². The van der Waals surface area contributed by atoms with Gasteiger partial charge < -0.3 is 13.9 Å². The molecule has 5 heteroatoms. The number of allylic oxidation sites excluding steroid dienone is 2. The number of cyclic esters (lactones) is 1. The maximum Gasteiger partial charge on any atom is 0.363 e. The molecular formula is C17H13NO4. The summed E-state index contributed by atoms with van der Waals surface area (Å²) in [5.74, 6) is 1.23. The number of benzene rings is 1. The van der Waals surface area contributed by atoms with E-state index in [4.69, 9.17) is 13.9 Å². The summed E-state index contributed by atoms with van der Waals surface area (Å²) in [6, 6.07) is 10.7. The number of nitrogens with zero attached hydrogens (tertiary/aromatic N) is 1. The molecule has 0 unspecified atom stereocenters. The molecule has 0 atom stereocenters. The Hall–Kier alpha value is -3.08. The van der Waals surface area contributed by atoms with Gasteiger partial charge in [-0.25, -0.2) is 9.79 Å². The molecule has 0 saturated carbocycles. The topological polar surface area (TPSA) is 61.0 Å². The second kappa shape index (κ2) is 6.13. The zero-order valence-electron chi connectivity index (χ0n) is 11.9. The Balaban J connectivity index is 1.78. The second-order valence-electron chi connectivity index (χ2n) is 4.46. The second-order valence-corrected chi connectivity index (χ2v) is 4.46. The van der Waals surface area contributed by atoms with E-state index in [0.29, 0.717) is 11.3 Å². The Morgan fingerprint density at radius 1 is 1.18 bits per heavy atom. The SMILES string of the molecule is COc1ccc(C2=NC(=C/C=C/c3ccco3)C(=O)O2)cc1. The molecular weight excluding hydrogens is 282 g/mol. The van der Waals surface area contributed by atoms with Crippen LogP contribution in [0, 0.1) is 0 Å². The summed E-state index contributed by atoms with van der Waals surface area (Å²) in [4.78, 5) is 16.0. The summed E-state index contributed by atoms with van der Waals surface area (Å²) in [6.07, 6.45) is 6.59. The molecule has 0 fully saturated rings. The molecule has 5 nitrogen and oxygen atoms in total. The number of methoxy groups -OCH3 is 1. The normalized spacial score (nSPS) is 16.1. The number of rotatable bonds is 4. The summed E-state index contributed by atoms with van der Waals surface area (Å²) >= 11 is 0. The van der Waals surface area contributed by atoms with Gasteiger partial charge in [-0.1, -0.05) is 6.08 Å². The highest BCUT2D eigenvalue weighted by Crippen LogP contribution is 2.19. The van der Waals surface area contributed by atoms with Crippen molar-refractivity contribution >= 4 is 17.9 Å². The number of hydrogen-bond donors (Lipinski definition) is 0. The van der Waals surface area contributed by atoms with Crippen molar-refractivity contribution < 1.29 is 18.7 Å². The first-order chi connectivity index (χ1) is 10.8. The predicted molar refractivity (Wildman–Crippen MR) is 81.4 cm³/mol. The molecule has 2 aromatic rings. The van der Waals surface area contributed by atoms with E-state index < -0.39 is 5.97 Å². The predicted octanol–water partition coefficient (Wildman–Crippen LogP) is 3.19. The van der Waals surface area contributed by atoms with E-state index in [1.807, 2.05) is 6.07 Å².